The molecule has 19 heavy (non-hydrogen) atoms. The first-order valence-corrected chi connectivity index (χ1v) is 6.33. The molecule has 0 radical (unpaired) electrons. The Balaban J connectivity index is 2.25. The third-order valence-corrected chi connectivity index (χ3v) is 3.22. The number of aliphatic hydroxyl groups is 1. The Labute approximate surface area is 113 Å². The highest BCUT2D eigenvalue weighted by molar-refractivity contribution is 5.97. The second-order valence-electron chi connectivity index (χ2n) is 5.03. The molecule has 0 aromatic heterocycles. The van der Waals surface area contributed by atoms with Gasteiger partial charge in [0.05, 0.1) is 17.7 Å². The summed E-state index contributed by atoms with van der Waals surface area (Å²) >= 11 is 0. The average molecular weight is 258 g/mol. The number of likely N-dealkylation sites (tertiary alicyclic amines) is 1. The van der Waals surface area contributed by atoms with Gasteiger partial charge in [-0.15, -0.1) is 0 Å². The summed E-state index contributed by atoms with van der Waals surface area (Å²) in [7, 11) is 0. The molecule has 1 heterocycles. The van der Waals surface area contributed by atoms with Crippen molar-refractivity contribution in [2.24, 2.45) is 5.73 Å². The number of carbonyl (C=O) groups excluding carboxylic acids is 1. The van der Waals surface area contributed by atoms with Crippen LogP contribution in [0.2, 0.25) is 0 Å². The summed E-state index contributed by atoms with van der Waals surface area (Å²) in [5.74, 6) is 5.59. The molecule has 1 fully saturated rings. The van der Waals surface area contributed by atoms with Crippen LogP contribution in [0.4, 0.5) is 0 Å². The van der Waals surface area contributed by atoms with Gasteiger partial charge >= 0.3 is 0 Å². The van der Waals surface area contributed by atoms with Crippen LogP contribution in [0.25, 0.3) is 0 Å². The van der Waals surface area contributed by atoms with Gasteiger partial charge in [-0.2, -0.15) is 0 Å². The van der Waals surface area contributed by atoms with Crippen molar-refractivity contribution < 1.29 is 9.90 Å². The van der Waals surface area contributed by atoms with E-state index in [2.05, 4.69) is 11.8 Å². The Morgan fingerprint density at radius 2 is 2.26 bits per heavy atom. The fourth-order valence-corrected chi connectivity index (χ4v) is 2.21. The normalized spacial score (nSPS) is 21.9. The molecule has 1 amide bonds. The van der Waals surface area contributed by atoms with E-state index >= 15 is 0 Å². The van der Waals surface area contributed by atoms with Crippen LogP contribution in [0, 0.1) is 11.8 Å². The van der Waals surface area contributed by atoms with Gasteiger partial charge in [0, 0.05) is 18.7 Å². The maximum Gasteiger partial charge on any atom is 0.255 e. The van der Waals surface area contributed by atoms with Crippen molar-refractivity contribution in [3.8, 4) is 11.8 Å². The number of nitrogens with two attached hydrogens (primary N) is 1. The molecule has 1 aliphatic rings. The molecule has 1 aromatic rings. The van der Waals surface area contributed by atoms with Crippen molar-refractivity contribution in [2.45, 2.75) is 18.9 Å². The van der Waals surface area contributed by atoms with Crippen LogP contribution in [0.15, 0.2) is 24.3 Å². The van der Waals surface area contributed by atoms with Crippen LogP contribution in [-0.2, 0) is 0 Å². The van der Waals surface area contributed by atoms with Gasteiger partial charge in [-0.25, -0.2) is 0 Å². The lowest BCUT2D eigenvalue weighted by Gasteiger charge is -2.19. The Morgan fingerprint density at radius 1 is 1.53 bits per heavy atom. The van der Waals surface area contributed by atoms with E-state index in [9.17, 15) is 9.90 Å². The molecule has 0 spiro atoms. The number of rotatable bonds is 1. The van der Waals surface area contributed by atoms with E-state index in [0.29, 0.717) is 30.6 Å². The highest BCUT2D eigenvalue weighted by atomic mass is 16.3. The maximum atomic E-state index is 12.4. The number of β-amino-alcohol motifs (C(OH)–C–C–N with tert-alkyl or cyclic N) is 1. The molecule has 1 atom stereocenters. The molecule has 1 unspecified atom stereocenters. The fourth-order valence-electron chi connectivity index (χ4n) is 2.21. The minimum atomic E-state index is -0.784. The number of amides is 1. The summed E-state index contributed by atoms with van der Waals surface area (Å²) in [5.41, 5.74) is 5.83. The number of benzene rings is 1. The van der Waals surface area contributed by atoms with Crippen molar-refractivity contribution in [2.75, 3.05) is 19.6 Å². The van der Waals surface area contributed by atoms with Crippen molar-refractivity contribution in [1.29, 1.82) is 0 Å². The topological polar surface area (TPSA) is 66.6 Å². The largest absolute Gasteiger partial charge is 0.388 e. The average Bonchev–Trinajstić information content (AvgIpc) is 2.76. The SMILES string of the molecule is CC1(O)CCN(C(=O)c2ccccc2C#CCN)C1. The second-order valence-corrected chi connectivity index (χ2v) is 5.03. The molecule has 0 bridgehead atoms. The minimum Gasteiger partial charge on any atom is -0.388 e. The van der Waals surface area contributed by atoms with Gasteiger partial charge in [0.2, 0.25) is 0 Å². The zero-order valence-corrected chi connectivity index (χ0v) is 11.0. The Bertz CT molecular complexity index is 541. The summed E-state index contributed by atoms with van der Waals surface area (Å²) in [6.07, 6.45) is 0.607. The first-order chi connectivity index (χ1) is 9.03. The predicted octanol–water partition coefficient (Wildman–Crippen LogP) is 0.594. The standard InChI is InChI=1S/C15H18N2O2/c1-15(19)8-10-17(11-15)14(18)13-7-3-2-5-12(13)6-4-9-16/h2-3,5,7,19H,8-11,16H2,1H3. The Morgan fingerprint density at radius 3 is 2.89 bits per heavy atom. The van der Waals surface area contributed by atoms with E-state index in [0.717, 1.165) is 0 Å². The molecule has 0 saturated carbocycles. The zero-order valence-electron chi connectivity index (χ0n) is 11.0. The molecule has 4 nitrogen and oxygen atoms in total. The van der Waals surface area contributed by atoms with Crippen LogP contribution in [0.3, 0.4) is 0 Å². The lowest BCUT2D eigenvalue weighted by Crippen LogP contribution is -2.34. The number of hydrogen-bond donors (Lipinski definition) is 2. The van der Waals surface area contributed by atoms with Gasteiger partial charge in [-0.1, -0.05) is 24.0 Å². The van der Waals surface area contributed by atoms with Crippen molar-refractivity contribution in [3.63, 3.8) is 0 Å². The third-order valence-electron chi connectivity index (χ3n) is 3.22. The molecule has 1 saturated heterocycles. The molecular formula is C15H18N2O2. The van der Waals surface area contributed by atoms with E-state index in [4.69, 9.17) is 5.73 Å². The van der Waals surface area contributed by atoms with E-state index in [1.807, 2.05) is 18.2 Å². The number of nitrogens with zero attached hydrogens (tertiary/aromatic N) is 1. The number of hydrogen-bond acceptors (Lipinski definition) is 3. The quantitative estimate of drug-likeness (QED) is 0.725. The second kappa shape index (κ2) is 5.43. The van der Waals surface area contributed by atoms with Gasteiger partial charge < -0.3 is 15.7 Å². The molecule has 4 heteroatoms. The van der Waals surface area contributed by atoms with Gasteiger partial charge in [0.15, 0.2) is 0 Å². The summed E-state index contributed by atoms with van der Waals surface area (Å²) in [4.78, 5) is 14.1. The van der Waals surface area contributed by atoms with Gasteiger partial charge in [0.25, 0.3) is 5.91 Å². The van der Waals surface area contributed by atoms with E-state index < -0.39 is 5.60 Å². The lowest BCUT2D eigenvalue weighted by atomic mass is 10.1. The lowest BCUT2D eigenvalue weighted by molar-refractivity contribution is 0.0572. The summed E-state index contributed by atoms with van der Waals surface area (Å²) in [5, 5.41) is 9.93. The number of carbonyl (C=O) groups is 1. The van der Waals surface area contributed by atoms with Crippen LogP contribution in [-0.4, -0.2) is 41.1 Å². The van der Waals surface area contributed by atoms with E-state index in [1.54, 1.807) is 17.9 Å². The first-order valence-electron chi connectivity index (χ1n) is 6.33. The molecule has 3 N–H and O–H groups in total. The van der Waals surface area contributed by atoms with Crippen LogP contribution in [0.5, 0.6) is 0 Å². The van der Waals surface area contributed by atoms with E-state index in [-0.39, 0.29) is 12.5 Å². The van der Waals surface area contributed by atoms with Crippen LogP contribution >= 0.6 is 0 Å². The highest BCUT2D eigenvalue weighted by Crippen LogP contribution is 2.22. The Hall–Kier alpha value is -1.83. The summed E-state index contributed by atoms with van der Waals surface area (Å²) in [6, 6.07) is 7.23. The smallest absolute Gasteiger partial charge is 0.255 e. The maximum absolute atomic E-state index is 12.4. The highest BCUT2D eigenvalue weighted by Gasteiger charge is 2.34. The first kappa shape index (κ1) is 13.6. The van der Waals surface area contributed by atoms with Crippen molar-refractivity contribution >= 4 is 5.91 Å². The van der Waals surface area contributed by atoms with Crippen LogP contribution < -0.4 is 5.73 Å². The van der Waals surface area contributed by atoms with Gasteiger partial charge in [-0.05, 0) is 25.5 Å². The molecule has 2 rings (SSSR count). The molecule has 100 valence electrons. The summed E-state index contributed by atoms with van der Waals surface area (Å²) < 4.78 is 0. The third kappa shape index (κ3) is 3.14. The monoisotopic (exact) mass is 258 g/mol. The molecule has 1 aromatic carbocycles. The zero-order chi connectivity index (χ0) is 13.9. The van der Waals surface area contributed by atoms with Gasteiger partial charge in [0.1, 0.15) is 0 Å². The fraction of sp³-hybridized carbons (Fsp3) is 0.400. The van der Waals surface area contributed by atoms with Crippen LogP contribution in [0.1, 0.15) is 29.3 Å². The molecule has 1 aliphatic heterocycles. The van der Waals surface area contributed by atoms with E-state index in [1.165, 1.54) is 0 Å². The predicted molar refractivity (Wildman–Crippen MR) is 73.5 cm³/mol. The molecule has 0 aliphatic carbocycles. The Kier molecular flexibility index (Phi) is 3.89. The van der Waals surface area contributed by atoms with Crippen molar-refractivity contribution in [1.82, 2.24) is 4.90 Å². The summed E-state index contributed by atoms with van der Waals surface area (Å²) in [6.45, 7) is 2.95. The minimum absolute atomic E-state index is 0.0836. The van der Waals surface area contributed by atoms with Gasteiger partial charge in [-0.3, -0.25) is 4.79 Å². The van der Waals surface area contributed by atoms with Crippen molar-refractivity contribution in [3.05, 3.63) is 35.4 Å². The molecular weight excluding hydrogens is 240 g/mol.